The second-order valence-corrected chi connectivity index (χ2v) is 8.00. The first-order valence-electron chi connectivity index (χ1n) is 10.9. The molecule has 1 aromatic carbocycles. The Morgan fingerprint density at radius 1 is 0.968 bits per heavy atom. The van der Waals surface area contributed by atoms with Crippen molar-refractivity contribution in [1.29, 1.82) is 0 Å². The zero-order chi connectivity index (χ0) is 21.6. The second-order valence-electron chi connectivity index (χ2n) is 8.00. The van der Waals surface area contributed by atoms with E-state index in [1.54, 1.807) is 12.3 Å². The van der Waals surface area contributed by atoms with E-state index < -0.39 is 5.82 Å². The normalized spacial score (nSPS) is 17.2. The molecule has 0 spiro atoms. The average molecular weight is 426 g/mol. The SMILES string of the molecule is O=C(Nc1cnc(N2CCNCC2)c(C(=O)N2CCCCCC2)c1)c1ccc(F)cc1. The van der Waals surface area contributed by atoms with Crippen LogP contribution in [0, 0.1) is 5.82 Å². The fourth-order valence-corrected chi connectivity index (χ4v) is 4.06. The minimum atomic E-state index is -0.399. The molecule has 2 aliphatic rings. The van der Waals surface area contributed by atoms with Gasteiger partial charge in [-0.1, -0.05) is 12.8 Å². The molecule has 3 heterocycles. The van der Waals surface area contributed by atoms with Crippen LogP contribution in [-0.4, -0.2) is 61.0 Å². The maximum absolute atomic E-state index is 13.5. The first-order chi connectivity index (χ1) is 15.1. The number of anilines is 2. The molecule has 2 fully saturated rings. The number of carbonyl (C=O) groups is 2. The van der Waals surface area contributed by atoms with Crippen LogP contribution in [0.4, 0.5) is 15.9 Å². The number of likely N-dealkylation sites (tertiary alicyclic amines) is 1. The fourth-order valence-electron chi connectivity index (χ4n) is 4.06. The summed E-state index contributed by atoms with van der Waals surface area (Å²) < 4.78 is 13.2. The van der Waals surface area contributed by atoms with Gasteiger partial charge in [-0.2, -0.15) is 0 Å². The van der Waals surface area contributed by atoms with Gasteiger partial charge in [-0.25, -0.2) is 9.37 Å². The van der Waals surface area contributed by atoms with Crippen LogP contribution in [0.5, 0.6) is 0 Å². The molecule has 0 radical (unpaired) electrons. The molecular formula is C23H28FN5O2. The topological polar surface area (TPSA) is 77.6 Å². The van der Waals surface area contributed by atoms with Crippen molar-refractivity contribution in [1.82, 2.24) is 15.2 Å². The molecule has 2 N–H and O–H groups in total. The van der Waals surface area contributed by atoms with Crippen LogP contribution >= 0.6 is 0 Å². The van der Waals surface area contributed by atoms with E-state index in [1.165, 1.54) is 24.3 Å². The van der Waals surface area contributed by atoms with E-state index >= 15 is 0 Å². The standard InChI is InChI=1S/C23H28FN5O2/c24-18-7-5-17(6-8-18)22(30)27-19-15-20(23(31)29-11-3-1-2-4-12-29)21(26-16-19)28-13-9-25-10-14-28/h5-8,15-16,25H,1-4,9-14H2,(H,27,30). The Labute approximate surface area is 181 Å². The molecular weight excluding hydrogens is 397 g/mol. The molecule has 164 valence electrons. The van der Waals surface area contributed by atoms with Crippen LogP contribution in [0.3, 0.4) is 0 Å². The second kappa shape index (κ2) is 9.87. The Bertz CT molecular complexity index is 920. The maximum Gasteiger partial charge on any atom is 0.257 e. The van der Waals surface area contributed by atoms with Gasteiger partial charge in [-0.15, -0.1) is 0 Å². The van der Waals surface area contributed by atoms with E-state index in [4.69, 9.17) is 0 Å². The molecule has 0 bridgehead atoms. The van der Waals surface area contributed by atoms with Gasteiger partial charge in [0.15, 0.2) is 0 Å². The molecule has 2 aliphatic heterocycles. The highest BCUT2D eigenvalue weighted by atomic mass is 19.1. The van der Waals surface area contributed by atoms with Gasteiger partial charge in [0.1, 0.15) is 11.6 Å². The monoisotopic (exact) mass is 425 g/mol. The minimum absolute atomic E-state index is 0.0409. The highest BCUT2D eigenvalue weighted by molar-refractivity contribution is 6.05. The summed E-state index contributed by atoms with van der Waals surface area (Å²) in [7, 11) is 0. The van der Waals surface area contributed by atoms with Crippen molar-refractivity contribution in [2.45, 2.75) is 25.7 Å². The van der Waals surface area contributed by atoms with Gasteiger partial charge < -0.3 is 20.4 Å². The van der Waals surface area contributed by atoms with Crippen LogP contribution in [-0.2, 0) is 0 Å². The lowest BCUT2D eigenvalue weighted by Gasteiger charge is -2.31. The number of hydrogen-bond donors (Lipinski definition) is 2. The highest BCUT2D eigenvalue weighted by Gasteiger charge is 2.25. The molecule has 0 saturated carbocycles. The van der Waals surface area contributed by atoms with Gasteiger partial charge in [-0.05, 0) is 43.2 Å². The van der Waals surface area contributed by atoms with Gasteiger partial charge in [0.05, 0.1) is 17.4 Å². The number of benzene rings is 1. The smallest absolute Gasteiger partial charge is 0.257 e. The number of aromatic nitrogens is 1. The zero-order valence-electron chi connectivity index (χ0n) is 17.6. The van der Waals surface area contributed by atoms with Gasteiger partial charge in [-0.3, -0.25) is 9.59 Å². The van der Waals surface area contributed by atoms with E-state index in [-0.39, 0.29) is 11.8 Å². The van der Waals surface area contributed by atoms with Crippen LogP contribution in [0.2, 0.25) is 0 Å². The first-order valence-corrected chi connectivity index (χ1v) is 10.9. The summed E-state index contributed by atoms with van der Waals surface area (Å²) in [5.41, 5.74) is 1.31. The Kier molecular flexibility index (Phi) is 6.76. The van der Waals surface area contributed by atoms with E-state index in [0.29, 0.717) is 22.6 Å². The average Bonchev–Trinajstić information content (AvgIpc) is 3.09. The van der Waals surface area contributed by atoms with Crippen molar-refractivity contribution in [3.8, 4) is 0 Å². The Morgan fingerprint density at radius 2 is 1.65 bits per heavy atom. The van der Waals surface area contributed by atoms with Gasteiger partial charge in [0.2, 0.25) is 0 Å². The highest BCUT2D eigenvalue weighted by Crippen LogP contribution is 2.25. The summed E-state index contributed by atoms with van der Waals surface area (Å²) in [6.07, 6.45) is 5.87. The first kappa shape index (κ1) is 21.2. The molecule has 0 atom stereocenters. The third-order valence-corrected chi connectivity index (χ3v) is 5.77. The van der Waals surface area contributed by atoms with E-state index in [2.05, 4.69) is 20.5 Å². The third-order valence-electron chi connectivity index (χ3n) is 5.77. The summed E-state index contributed by atoms with van der Waals surface area (Å²) >= 11 is 0. The molecule has 31 heavy (non-hydrogen) atoms. The van der Waals surface area contributed by atoms with Crippen LogP contribution in [0.1, 0.15) is 46.4 Å². The molecule has 0 unspecified atom stereocenters. The Hall–Kier alpha value is -3.00. The van der Waals surface area contributed by atoms with Crippen molar-refractivity contribution in [3.63, 3.8) is 0 Å². The van der Waals surface area contributed by atoms with Crippen LogP contribution in [0.15, 0.2) is 36.5 Å². The van der Waals surface area contributed by atoms with Crippen molar-refractivity contribution >= 4 is 23.3 Å². The summed E-state index contributed by atoms with van der Waals surface area (Å²) in [6, 6.07) is 7.07. The van der Waals surface area contributed by atoms with E-state index in [1.807, 2.05) is 4.90 Å². The number of piperazine rings is 1. The molecule has 2 aromatic rings. The molecule has 7 nitrogen and oxygen atoms in total. The molecule has 1 aromatic heterocycles. The van der Waals surface area contributed by atoms with Crippen molar-refractivity contribution in [3.05, 3.63) is 53.5 Å². The lowest BCUT2D eigenvalue weighted by atomic mass is 10.1. The summed E-state index contributed by atoms with van der Waals surface area (Å²) in [5, 5.41) is 6.11. The predicted molar refractivity (Wildman–Crippen MR) is 118 cm³/mol. The van der Waals surface area contributed by atoms with E-state index in [0.717, 1.165) is 65.0 Å². The minimum Gasteiger partial charge on any atom is -0.353 e. The molecule has 0 aliphatic carbocycles. The van der Waals surface area contributed by atoms with E-state index in [9.17, 15) is 14.0 Å². The quantitative estimate of drug-likeness (QED) is 0.788. The molecule has 2 amide bonds. The third kappa shape index (κ3) is 5.19. The largest absolute Gasteiger partial charge is 0.353 e. The summed E-state index contributed by atoms with van der Waals surface area (Å²) in [5.74, 6) is -0.148. The Morgan fingerprint density at radius 3 is 2.32 bits per heavy atom. The number of pyridine rings is 1. The lowest BCUT2D eigenvalue weighted by Crippen LogP contribution is -2.45. The van der Waals surface area contributed by atoms with Gasteiger partial charge >= 0.3 is 0 Å². The lowest BCUT2D eigenvalue weighted by molar-refractivity contribution is 0.0761. The Balaban J connectivity index is 1.61. The number of rotatable bonds is 4. The fraction of sp³-hybridized carbons (Fsp3) is 0.435. The molecule has 4 rings (SSSR count). The molecule has 8 heteroatoms. The van der Waals surface area contributed by atoms with Gasteiger partial charge in [0.25, 0.3) is 11.8 Å². The number of hydrogen-bond acceptors (Lipinski definition) is 5. The number of nitrogens with zero attached hydrogens (tertiary/aromatic N) is 3. The van der Waals surface area contributed by atoms with Crippen molar-refractivity contribution < 1.29 is 14.0 Å². The predicted octanol–water partition coefficient (Wildman–Crippen LogP) is 2.90. The maximum atomic E-state index is 13.5. The van der Waals surface area contributed by atoms with Gasteiger partial charge in [0, 0.05) is 44.8 Å². The molecule has 2 saturated heterocycles. The number of amides is 2. The summed E-state index contributed by atoms with van der Waals surface area (Å²) in [6.45, 7) is 4.70. The zero-order valence-corrected chi connectivity index (χ0v) is 17.6. The van der Waals surface area contributed by atoms with Crippen molar-refractivity contribution in [2.75, 3.05) is 49.5 Å². The number of nitrogens with one attached hydrogen (secondary N) is 2. The van der Waals surface area contributed by atoms with Crippen molar-refractivity contribution in [2.24, 2.45) is 0 Å². The number of halogens is 1. The van der Waals surface area contributed by atoms with Crippen LogP contribution in [0.25, 0.3) is 0 Å². The number of carbonyl (C=O) groups excluding carboxylic acids is 2. The van der Waals surface area contributed by atoms with Crippen LogP contribution < -0.4 is 15.5 Å². The summed E-state index contributed by atoms with van der Waals surface area (Å²) in [4.78, 5) is 34.6.